The largest absolute Gasteiger partial charge is 0.339 e. The summed E-state index contributed by atoms with van der Waals surface area (Å²) in [6, 6.07) is 1.82. The zero-order chi connectivity index (χ0) is 19.3. The molecule has 3 heterocycles. The summed E-state index contributed by atoms with van der Waals surface area (Å²) in [5, 5.41) is 3.24. The number of amides is 2. The quantitative estimate of drug-likeness (QED) is 0.889. The lowest BCUT2D eigenvalue weighted by molar-refractivity contribution is 0.177. The molecule has 8 nitrogen and oxygen atoms in total. The third kappa shape index (κ3) is 5.18. The number of imidazole rings is 1. The minimum atomic E-state index is -0.0598. The molecule has 2 aromatic rings. The second-order valence-corrected chi connectivity index (χ2v) is 8.00. The summed E-state index contributed by atoms with van der Waals surface area (Å²) >= 11 is 0. The molecule has 0 radical (unpaired) electrons. The maximum Gasteiger partial charge on any atom is 0.317 e. The van der Waals surface area contributed by atoms with E-state index in [2.05, 4.69) is 45.9 Å². The molecule has 1 fully saturated rings. The van der Waals surface area contributed by atoms with Crippen molar-refractivity contribution in [2.45, 2.75) is 39.8 Å². The molecule has 1 aliphatic rings. The van der Waals surface area contributed by atoms with Crippen molar-refractivity contribution >= 4 is 12.0 Å². The lowest BCUT2D eigenvalue weighted by Crippen LogP contribution is -2.52. The third-order valence-corrected chi connectivity index (χ3v) is 4.91. The number of nitrogens with zero attached hydrogens (tertiary/aromatic N) is 6. The van der Waals surface area contributed by atoms with Crippen molar-refractivity contribution in [3.8, 4) is 0 Å². The van der Waals surface area contributed by atoms with Gasteiger partial charge < -0.3 is 19.7 Å². The Morgan fingerprint density at radius 3 is 2.59 bits per heavy atom. The van der Waals surface area contributed by atoms with Gasteiger partial charge >= 0.3 is 6.03 Å². The van der Waals surface area contributed by atoms with Crippen LogP contribution in [-0.2, 0) is 6.54 Å². The molecule has 2 amide bonds. The van der Waals surface area contributed by atoms with E-state index in [0.29, 0.717) is 13.1 Å². The van der Waals surface area contributed by atoms with Crippen LogP contribution >= 0.6 is 0 Å². The number of nitrogens with one attached hydrogen (secondary N) is 1. The lowest BCUT2D eigenvalue weighted by atomic mass is 9.86. The van der Waals surface area contributed by atoms with Crippen LogP contribution in [0.25, 0.3) is 0 Å². The fourth-order valence-electron chi connectivity index (χ4n) is 3.16. The number of aromatic nitrogens is 4. The summed E-state index contributed by atoms with van der Waals surface area (Å²) in [6.45, 7) is 10.1. The molecule has 0 aromatic carbocycles. The molecule has 0 saturated carbocycles. The molecule has 146 valence electrons. The Morgan fingerprint density at radius 2 is 1.93 bits per heavy atom. The molecule has 0 spiro atoms. The minimum absolute atomic E-state index is 0.00845. The Hall–Kier alpha value is -2.64. The topological polar surface area (TPSA) is 79.2 Å². The highest BCUT2D eigenvalue weighted by Gasteiger charge is 2.29. The molecule has 3 rings (SSSR count). The van der Waals surface area contributed by atoms with Crippen molar-refractivity contribution in [2.24, 2.45) is 5.41 Å². The van der Waals surface area contributed by atoms with E-state index in [9.17, 15) is 4.79 Å². The van der Waals surface area contributed by atoms with Crippen LogP contribution < -0.4 is 10.2 Å². The van der Waals surface area contributed by atoms with Gasteiger partial charge in [0.1, 0.15) is 0 Å². The summed E-state index contributed by atoms with van der Waals surface area (Å²) in [4.78, 5) is 29.7. The Bertz CT molecular complexity index is 711. The van der Waals surface area contributed by atoms with Crippen LogP contribution in [0.3, 0.4) is 0 Å². The van der Waals surface area contributed by atoms with E-state index in [0.717, 1.165) is 32.0 Å². The van der Waals surface area contributed by atoms with Crippen LogP contribution in [0.2, 0.25) is 0 Å². The average molecular weight is 371 g/mol. The maximum absolute atomic E-state index is 12.9. The van der Waals surface area contributed by atoms with Crippen molar-refractivity contribution in [2.75, 3.05) is 31.1 Å². The number of urea groups is 1. The molecule has 1 atom stereocenters. The van der Waals surface area contributed by atoms with Gasteiger partial charge in [-0.25, -0.2) is 19.7 Å². The first-order valence-corrected chi connectivity index (χ1v) is 9.46. The van der Waals surface area contributed by atoms with Gasteiger partial charge in [0.05, 0.1) is 12.4 Å². The van der Waals surface area contributed by atoms with E-state index in [-0.39, 0.29) is 17.5 Å². The highest BCUT2D eigenvalue weighted by Crippen LogP contribution is 2.21. The molecule has 0 aliphatic carbocycles. The molecule has 27 heavy (non-hydrogen) atoms. The standard InChI is InChI=1S/C19H29N7O/c1-19(2,3)16(14-24-11-8-20-15-24)23-18(27)26-10-5-9-25(12-13-26)17-21-6-4-7-22-17/h4,6-8,11,15-16H,5,9-10,12-14H2,1-3H3,(H,23,27). The van der Waals surface area contributed by atoms with Crippen molar-refractivity contribution in [3.05, 3.63) is 37.2 Å². The van der Waals surface area contributed by atoms with Crippen molar-refractivity contribution < 1.29 is 4.79 Å². The van der Waals surface area contributed by atoms with Crippen LogP contribution in [0.4, 0.5) is 10.7 Å². The van der Waals surface area contributed by atoms with E-state index in [1.165, 1.54) is 0 Å². The zero-order valence-electron chi connectivity index (χ0n) is 16.4. The normalized spacial score (nSPS) is 16.7. The Kier molecular flexibility index (Phi) is 5.93. The summed E-state index contributed by atoms with van der Waals surface area (Å²) in [6.07, 6.45) is 9.87. The predicted octanol–water partition coefficient (Wildman–Crippen LogP) is 2.01. The highest BCUT2D eigenvalue weighted by molar-refractivity contribution is 5.74. The first kappa shape index (κ1) is 19.1. The maximum atomic E-state index is 12.9. The number of hydrogen-bond acceptors (Lipinski definition) is 5. The van der Waals surface area contributed by atoms with Gasteiger partial charge in [-0.1, -0.05) is 20.8 Å². The molecular formula is C19H29N7O. The summed E-state index contributed by atoms with van der Waals surface area (Å²) in [7, 11) is 0. The van der Waals surface area contributed by atoms with Crippen LogP contribution in [0.1, 0.15) is 27.2 Å². The van der Waals surface area contributed by atoms with Crippen molar-refractivity contribution in [1.29, 1.82) is 0 Å². The first-order chi connectivity index (χ1) is 12.9. The number of rotatable bonds is 4. The second-order valence-electron chi connectivity index (χ2n) is 8.00. The third-order valence-electron chi connectivity index (χ3n) is 4.91. The van der Waals surface area contributed by atoms with Gasteiger partial charge in [-0.05, 0) is 17.9 Å². The number of carbonyl (C=O) groups is 1. The van der Waals surface area contributed by atoms with Crippen LogP contribution in [0.15, 0.2) is 37.2 Å². The van der Waals surface area contributed by atoms with E-state index < -0.39 is 0 Å². The lowest BCUT2D eigenvalue weighted by Gasteiger charge is -2.34. The fraction of sp³-hybridized carbons (Fsp3) is 0.579. The number of carbonyl (C=O) groups excluding carboxylic acids is 1. The SMILES string of the molecule is CC(C)(C)C(Cn1ccnc1)NC(=O)N1CCCN(c2ncccn2)CC1. The van der Waals surface area contributed by atoms with Gasteiger partial charge in [0.2, 0.25) is 5.95 Å². The minimum Gasteiger partial charge on any atom is -0.339 e. The smallest absolute Gasteiger partial charge is 0.317 e. The Labute approximate surface area is 160 Å². The molecule has 8 heteroatoms. The molecule has 1 unspecified atom stereocenters. The van der Waals surface area contributed by atoms with E-state index in [1.807, 2.05) is 21.7 Å². The van der Waals surface area contributed by atoms with Gasteiger partial charge in [-0.2, -0.15) is 0 Å². The Morgan fingerprint density at radius 1 is 1.15 bits per heavy atom. The summed E-state index contributed by atoms with van der Waals surface area (Å²) < 4.78 is 2.01. The van der Waals surface area contributed by atoms with Crippen LogP contribution in [-0.4, -0.2) is 62.7 Å². The predicted molar refractivity (Wildman–Crippen MR) is 104 cm³/mol. The zero-order valence-corrected chi connectivity index (χ0v) is 16.4. The number of anilines is 1. The van der Waals surface area contributed by atoms with Gasteiger partial charge in [0, 0.05) is 57.5 Å². The van der Waals surface area contributed by atoms with Crippen LogP contribution in [0.5, 0.6) is 0 Å². The van der Waals surface area contributed by atoms with Gasteiger partial charge in [0.15, 0.2) is 0 Å². The van der Waals surface area contributed by atoms with Gasteiger partial charge in [-0.3, -0.25) is 0 Å². The molecule has 2 aromatic heterocycles. The van der Waals surface area contributed by atoms with Crippen molar-refractivity contribution in [3.63, 3.8) is 0 Å². The molecule has 1 aliphatic heterocycles. The van der Waals surface area contributed by atoms with E-state index >= 15 is 0 Å². The molecule has 1 N–H and O–H groups in total. The fourth-order valence-corrected chi connectivity index (χ4v) is 3.16. The first-order valence-electron chi connectivity index (χ1n) is 9.46. The van der Waals surface area contributed by atoms with Gasteiger partial charge in [0.25, 0.3) is 0 Å². The Balaban J connectivity index is 1.60. The molecular weight excluding hydrogens is 342 g/mol. The molecule has 0 bridgehead atoms. The van der Waals surface area contributed by atoms with Crippen molar-refractivity contribution in [1.82, 2.24) is 29.7 Å². The molecule has 1 saturated heterocycles. The summed E-state index contributed by atoms with van der Waals surface area (Å²) in [5.74, 6) is 0.729. The monoisotopic (exact) mass is 371 g/mol. The second kappa shape index (κ2) is 8.37. The van der Waals surface area contributed by atoms with Crippen LogP contribution in [0, 0.1) is 5.41 Å². The summed E-state index contributed by atoms with van der Waals surface area (Å²) in [5.41, 5.74) is -0.0598. The highest BCUT2D eigenvalue weighted by atomic mass is 16.2. The van der Waals surface area contributed by atoms with E-state index in [1.54, 1.807) is 24.9 Å². The van der Waals surface area contributed by atoms with E-state index in [4.69, 9.17) is 0 Å². The van der Waals surface area contributed by atoms with Gasteiger partial charge in [-0.15, -0.1) is 0 Å². The number of hydrogen-bond donors (Lipinski definition) is 1. The average Bonchev–Trinajstić information content (AvgIpc) is 3.02.